The highest BCUT2D eigenvalue weighted by Crippen LogP contribution is 2.31. The van der Waals surface area contributed by atoms with E-state index in [0.717, 1.165) is 13.0 Å². The van der Waals surface area contributed by atoms with E-state index >= 15 is 0 Å². The van der Waals surface area contributed by atoms with Gasteiger partial charge in [0.1, 0.15) is 5.75 Å². The van der Waals surface area contributed by atoms with Crippen molar-refractivity contribution >= 4 is 0 Å². The van der Waals surface area contributed by atoms with E-state index in [1.165, 1.54) is 69.3 Å². The maximum absolute atomic E-state index is 9.71. The summed E-state index contributed by atoms with van der Waals surface area (Å²) in [4.78, 5) is 2.60. The van der Waals surface area contributed by atoms with E-state index < -0.39 is 0 Å². The van der Waals surface area contributed by atoms with Gasteiger partial charge in [-0.2, -0.15) is 0 Å². The molecule has 1 fully saturated rings. The van der Waals surface area contributed by atoms with E-state index in [9.17, 15) is 5.11 Å². The van der Waals surface area contributed by atoms with Gasteiger partial charge >= 0.3 is 0 Å². The number of nitrogens with one attached hydrogen (secondary N) is 1. The van der Waals surface area contributed by atoms with Crippen LogP contribution in [-0.2, 0) is 6.42 Å². The van der Waals surface area contributed by atoms with Crippen LogP contribution in [0.1, 0.15) is 55.7 Å². The van der Waals surface area contributed by atoms with Crippen LogP contribution in [0.15, 0.2) is 18.2 Å². The van der Waals surface area contributed by atoms with Crippen LogP contribution >= 0.6 is 0 Å². The fraction of sp³-hybridized carbons (Fsp3) is 0.667. The Hall–Kier alpha value is -1.06. The number of likely N-dealkylation sites (tertiary alicyclic amines) is 1. The van der Waals surface area contributed by atoms with Gasteiger partial charge in [-0.05, 0) is 88.0 Å². The summed E-state index contributed by atoms with van der Waals surface area (Å²) in [6.45, 7) is 4.89. The van der Waals surface area contributed by atoms with Crippen molar-refractivity contribution in [1.29, 1.82) is 0 Å². The third kappa shape index (κ3) is 3.98. The molecule has 0 radical (unpaired) electrons. The quantitative estimate of drug-likeness (QED) is 0.817. The van der Waals surface area contributed by atoms with Gasteiger partial charge in [0.25, 0.3) is 0 Å². The van der Waals surface area contributed by atoms with Gasteiger partial charge < -0.3 is 15.3 Å². The highest BCUT2D eigenvalue weighted by atomic mass is 16.3. The Labute approximate surface area is 128 Å². The molecule has 1 unspecified atom stereocenters. The molecule has 0 amide bonds. The molecule has 2 aliphatic rings. The molecule has 1 saturated heterocycles. The Morgan fingerprint density at radius 1 is 1.14 bits per heavy atom. The zero-order valence-corrected chi connectivity index (χ0v) is 13.0. The number of phenols is 1. The third-order valence-electron chi connectivity index (χ3n) is 4.93. The summed E-state index contributed by atoms with van der Waals surface area (Å²) >= 11 is 0. The average Bonchev–Trinajstić information content (AvgIpc) is 2.53. The van der Waals surface area contributed by atoms with Crippen molar-refractivity contribution in [3.8, 4) is 5.75 Å². The number of fused-ring (bicyclic) bond motifs is 1. The topological polar surface area (TPSA) is 35.5 Å². The Morgan fingerprint density at radius 3 is 2.86 bits per heavy atom. The normalized spacial score (nSPS) is 23.0. The van der Waals surface area contributed by atoms with E-state index in [1.54, 1.807) is 0 Å². The van der Waals surface area contributed by atoms with Gasteiger partial charge in [-0.3, -0.25) is 0 Å². The Morgan fingerprint density at radius 2 is 2.00 bits per heavy atom. The Bertz CT molecular complexity index is 455. The summed E-state index contributed by atoms with van der Waals surface area (Å²) in [7, 11) is 0. The lowest BCUT2D eigenvalue weighted by molar-refractivity contribution is 0.224. The van der Waals surface area contributed by atoms with Crippen LogP contribution in [-0.4, -0.2) is 36.2 Å². The lowest BCUT2D eigenvalue weighted by atomic mass is 9.87. The van der Waals surface area contributed by atoms with E-state index in [2.05, 4.69) is 16.3 Å². The summed E-state index contributed by atoms with van der Waals surface area (Å²) < 4.78 is 0. The maximum atomic E-state index is 9.71. The second kappa shape index (κ2) is 7.28. The largest absolute Gasteiger partial charge is 0.508 e. The average molecular weight is 288 g/mol. The zero-order valence-electron chi connectivity index (χ0n) is 13.0. The van der Waals surface area contributed by atoms with Crippen LogP contribution in [0.4, 0.5) is 0 Å². The fourth-order valence-electron chi connectivity index (χ4n) is 3.76. The number of benzene rings is 1. The number of phenolic OH excluding ortho intramolecular Hbond substituents is 1. The van der Waals surface area contributed by atoms with Crippen molar-refractivity contribution in [3.05, 3.63) is 29.3 Å². The summed E-state index contributed by atoms with van der Waals surface area (Å²) in [6.07, 6.45) is 9.00. The van der Waals surface area contributed by atoms with Crippen LogP contribution in [0, 0.1) is 0 Å². The molecular weight excluding hydrogens is 260 g/mol. The van der Waals surface area contributed by atoms with Gasteiger partial charge in [0.05, 0.1) is 0 Å². The number of hydrogen-bond donors (Lipinski definition) is 2. The highest BCUT2D eigenvalue weighted by molar-refractivity contribution is 5.38. The molecule has 1 heterocycles. The van der Waals surface area contributed by atoms with Crippen LogP contribution in [0.25, 0.3) is 0 Å². The van der Waals surface area contributed by atoms with Gasteiger partial charge in [0.15, 0.2) is 0 Å². The molecule has 1 aliphatic heterocycles. The first-order valence-corrected chi connectivity index (χ1v) is 8.60. The SMILES string of the molecule is Oc1ccc2c(c1)C(NCCCN1CCCCC1)CCC2. The summed E-state index contributed by atoms with van der Waals surface area (Å²) in [5, 5.41) is 13.4. The molecule has 1 aliphatic carbocycles. The molecule has 1 aromatic rings. The van der Waals surface area contributed by atoms with Crippen molar-refractivity contribution in [2.75, 3.05) is 26.2 Å². The number of hydrogen-bond acceptors (Lipinski definition) is 3. The van der Waals surface area contributed by atoms with Gasteiger partial charge in [-0.1, -0.05) is 12.5 Å². The Kier molecular flexibility index (Phi) is 5.15. The van der Waals surface area contributed by atoms with Gasteiger partial charge in [0, 0.05) is 6.04 Å². The van der Waals surface area contributed by atoms with Crippen LogP contribution in [0.2, 0.25) is 0 Å². The number of nitrogens with zero attached hydrogens (tertiary/aromatic N) is 1. The molecule has 0 bridgehead atoms. The van der Waals surface area contributed by atoms with Crippen molar-refractivity contribution in [2.45, 2.75) is 51.0 Å². The van der Waals surface area contributed by atoms with E-state index in [4.69, 9.17) is 0 Å². The molecule has 116 valence electrons. The number of rotatable bonds is 5. The molecule has 0 aromatic heterocycles. The standard InChI is InChI=1S/C18H28N2O/c21-16-9-8-15-6-4-7-18(17(15)14-16)19-10-5-13-20-11-2-1-3-12-20/h8-9,14,18-19,21H,1-7,10-13H2. The lowest BCUT2D eigenvalue weighted by Crippen LogP contribution is -2.33. The molecule has 21 heavy (non-hydrogen) atoms. The van der Waals surface area contributed by atoms with Crippen molar-refractivity contribution < 1.29 is 5.11 Å². The number of aryl methyl sites for hydroxylation is 1. The predicted octanol–water partition coefficient (Wildman–Crippen LogP) is 3.24. The zero-order chi connectivity index (χ0) is 14.5. The molecule has 2 N–H and O–H groups in total. The minimum Gasteiger partial charge on any atom is -0.508 e. The van der Waals surface area contributed by atoms with Gasteiger partial charge in [0.2, 0.25) is 0 Å². The van der Waals surface area contributed by atoms with Crippen molar-refractivity contribution in [2.24, 2.45) is 0 Å². The second-order valence-electron chi connectivity index (χ2n) is 6.54. The first-order chi connectivity index (χ1) is 10.3. The van der Waals surface area contributed by atoms with Crippen LogP contribution in [0.3, 0.4) is 0 Å². The number of piperidine rings is 1. The van der Waals surface area contributed by atoms with Crippen LogP contribution < -0.4 is 5.32 Å². The second-order valence-corrected chi connectivity index (χ2v) is 6.54. The van der Waals surface area contributed by atoms with Gasteiger partial charge in [-0.25, -0.2) is 0 Å². The smallest absolute Gasteiger partial charge is 0.115 e. The maximum Gasteiger partial charge on any atom is 0.115 e. The monoisotopic (exact) mass is 288 g/mol. The lowest BCUT2D eigenvalue weighted by Gasteiger charge is -2.28. The molecular formula is C18H28N2O. The minimum atomic E-state index is 0.399. The molecule has 1 aromatic carbocycles. The first-order valence-electron chi connectivity index (χ1n) is 8.60. The van der Waals surface area contributed by atoms with Gasteiger partial charge in [-0.15, -0.1) is 0 Å². The molecule has 3 rings (SSSR count). The Balaban J connectivity index is 1.46. The third-order valence-corrected chi connectivity index (χ3v) is 4.93. The molecule has 0 saturated carbocycles. The number of aromatic hydroxyl groups is 1. The van der Waals surface area contributed by atoms with E-state index in [1.807, 2.05) is 12.1 Å². The minimum absolute atomic E-state index is 0.399. The van der Waals surface area contributed by atoms with E-state index in [0.29, 0.717) is 11.8 Å². The highest BCUT2D eigenvalue weighted by Gasteiger charge is 2.20. The summed E-state index contributed by atoms with van der Waals surface area (Å²) in [6, 6.07) is 6.29. The van der Waals surface area contributed by atoms with Crippen molar-refractivity contribution in [3.63, 3.8) is 0 Å². The first kappa shape index (κ1) is 14.9. The summed E-state index contributed by atoms with van der Waals surface area (Å²) in [5.41, 5.74) is 2.73. The van der Waals surface area contributed by atoms with Crippen molar-refractivity contribution in [1.82, 2.24) is 10.2 Å². The molecule has 3 heteroatoms. The predicted molar refractivity (Wildman–Crippen MR) is 86.7 cm³/mol. The fourth-order valence-corrected chi connectivity index (χ4v) is 3.76. The van der Waals surface area contributed by atoms with Crippen LogP contribution in [0.5, 0.6) is 5.75 Å². The van der Waals surface area contributed by atoms with E-state index in [-0.39, 0.29) is 0 Å². The molecule has 0 spiro atoms. The summed E-state index contributed by atoms with van der Waals surface area (Å²) in [5.74, 6) is 0.399. The molecule has 3 nitrogen and oxygen atoms in total. The molecule has 1 atom stereocenters.